The highest BCUT2D eigenvalue weighted by molar-refractivity contribution is 5.88. The average Bonchev–Trinajstić information content (AvgIpc) is 3.19. The van der Waals surface area contributed by atoms with Gasteiger partial charge in [-0.2, -0.15) is 84.3 Å². The van der Waals surface area contributed by atoms with Crippen molar-refractivity contribution in [2.24, 2.45) is 0 Å². The van der Waals surface area contributed by atoms with Crippen molar-refractivity contribution in [3.8, 4) is 58.7 Å². The standard InChI is InChI=1S/C42H14F12N6/c43-39(44,45)29-7-27(8-30(11-29)40(46,47)48)33-14-36(38(20-60)26-5-23(17-57)2-24(6-26)18-58)34(28-9-31(41(49,50)51)12-32(10-28)42(52,53)54)13-35(33)37(19-59)25-3-21(15-55)1-22(4-25)16-56/h1-14H/b37-35+,38-36+. The molecule has 0 aliphatic rings. The van der Waals surface area contributed by atoms with Crippen LogP contribution in [0.25, 0.3) is 33.4 Å². The van der Waals surface area contributed by atoms with Gasteiger partial charge in [-0.05, 0) is 118 Å². The molecule has 0 spiro atoms. The van der Waals surface area contributed by atoms with Crippen LogP contribution in [0.5, 0.6) is 0 Å². The van der Waals surface area contributed by atoms with Gasteiger partial charge in [-0.25, -0.2) is 0 Å². The van der Waals surface area contributed by atoms with Crippen LogP contribution in [0.2, 0.25) is 0 Å². The van der Waals surface area contributed by atoms with Crippen LogP contribution in [0.3, 0.4) is 0 Å². The Hall–Kier alpha value is -8.06. The number of benzene rings is 5. The van der Waals surface area contributed by atoms with Crippen molar-refractivity contribution in [3.63, 3.8) is 0 Å². The van der Waals surface area contributed by atoms with E-state index in [1.54, 1.807) is 36.4 Å². The van der Waals surface area contributed by atoms with Crippen molar-refractivity contribution in [2.45, 2.75) is 24.7 Å². The lowest BCUT2D eigenvalue weighted by molar-refractivity contribution is -0.144. The van der Waals surface area contributed by atoms with E-state index in [9.17, 15) is 84.3 Å². The fourth-order valence-corrected chi connectivity index (χ4v) is 6.07. The molecule has 5 rings (SSSR count). The molecule has 296 valence electrons. The van der Waals surface area contributed by atoms with Gasteiger partial charge >= 0.3 is 24.7 Å². The molecule has 18 heteroatoms. The van der Waals surface area contributed by atoms with Gasteiger partial charge in [0, 0.05) is 10.4 Å². The topological polar surface area (TPSA) is 143 Å². The zero-order valence-electron chi connectivity index (χ0n) is 29.3. The van der Waals surface area contributed by atoms with E-state index in [-0.39, 0.29) is 69.8 Å². The Morgan fingerprint density at radius 1 is 0.333 bits per heavy atom. The SMILES string of the molecule is N#C/C(c1cc(C#N)cc(C#N)c1)=c1/cc(-c2cc(C(F)(F)F)cc(C(F)(F)F)c2)/c(=C(\C#N)c2cc(C#N)cc(C#N)c2)cc1-c1cc(C(F)(F)F)cc(C(F)(F)F)c1. The molecule has 0 heterocycles. The molecule has 0 amide bonds. The fraction of sp³-hybridized carbons (Fsp3) is 0.0952. The van der Waals surface area contributed by atoms with Gasteiger partial charge in [-0.1, -0.05) is 0 Å². The van der Waals surface area contributed by atoms with E-state index in [4.69, 9.17) is 0 Å². The first kappa shape index (κ1) is 43.1. The van der Waals surface area contributed by atoms with Gasteiger partial charge in [-0.15, -0.1) is 0 Å². The molecule has 0 N–H and O–H groups in total. The third-order valence-corrected chi connectivity index (χ3v) is 8.68. The van der Waals surface area contributed by atoms with Crippen LogP contribution in [-0.2, 0) is 24.7 Å². The Kier molecular flexibility index (Phi) is 11.3. The van der Waals surface area contributed by atoms with Gasteiger partial charge in [0.05, 0.1) is 79.9 Å². The van der Waals surface area contributed by atoms with Crippen LogP contribution in [0.4, 0.5) is 52.7 Å². The van der Waals surface area contributed by atoms with Gasteiger partial charge < -0.3 is 0 Å². The molecular formula is C42H14F12N6. The minimum atomic E-state index is -5.47. The van der Waals surface area contributed by atoms with Gasteiger partial charge in [0.2, 0.25) is 0 Å². The minimum Gasteiger partial charge on any atom is -0.192 e. The number of rotatable bonds is 4. The number of hydrogen-bond acceptors (Lipinski definition) is 6. The summed E-state index contributed by atoms with van der Waals surface area (Å²) in [6, 6.07) is 17.7. The molecular weight excluding hydrogens is 816 g/mol. The molecule has 0 aromatic heterocycles. The lowest BCUT2D eigenvalue weighted by atomic mass is 9.87. The zero-order valence-corrected chi connectivity index (χ0v) is 29.3. The summed E-state index contributed by atoms with van der Waals surface area (Å²) in [6.45, 7) is 0. The fourth-order valence-electron chi connectivity index (χ4n) is 6.07. The van der Waals surface area contributed by atoms with Gasteiger partial charge in [0.15, 0.2) is 0 Å². The first-order valence-corrected chi connectivity index (χ1v) is 16.2. The summed E-state index contributed by atoms with van der Waals surface area (Å²) in [4.78, 5) is 0. The molecule has 0 bridgehead atoms. The van der Waals surface area contributed by atoms with Crippen molar-refractivity contribution in [3.05, 3.63) is 151 Å². The summed E-state index contributed by atoms with van der Waals surface area (Å²) in [7, 11) is 0. The van der Waals surface area contributed by atoms with Gasteiger partial charge in [0.1, 0.15) is 12.1 Å². The quantitative estimate of drug-likeness (QED) is 0.165. The second kappa shape index (κ2) is 15.7. The van der Waals surface area contributed by atoms with Gasteiger partial charge in [-0.3, -0.25) is 0 Å². The Morgan fingerprint density at radius 2 is 0.583 bits per heavy atom. The lowest BCUT2D eigenvalue weighted by Crippen LogP contribution is -2.22. The molecule has 5 aromatic rings. The average molecular weight is 831 g/mol. The number of nitrogens with zero attached hydrogens (tertiary/aromatic N) is 6. The normalized spacial score (nSPS) is 12.8. The molecule has 5 aromatic carbocycles. The van der Waals surface area contributed by atoms with Crippen LogP contribution in [0.15, 0.2) is 84.9 Å². The third kappa shape index (κ3) is 8.90. The maximum absolute atomic E-state index is 14.2. The lowest BCUT2D eigenvalue weighted by Gasteiger charge is -2.18. The second-order valence-corrected chi connectivity index (χ2v) is 12.6. The second-order valence-electron chi connectivity index (χ2n) is 12.6. The van der Waals surface area contributed by atoms with E-state index < -0.39 is 90.8 Å². The summed E-state index contributed by atoms with van der Waals surface area (Å²) in [5.41, 5.74) is -14.6. The first-order chi connectivity index (χ1) is 27.9. The van der Waals surface area contributed by atoms with E-state index in [0.29, 0.717) is 12.1 Å². The van der Waals surface area contributed by atoms with Crippen molar-refractivity contribution < 1.29 is 52.7 Å². The largest absolute Gasteiger partial charge is 0.416 e. The van der Waals surface area contributed by atoms with E-state index in [2.05, 4.69) is 0 Å². The third-order valence-electron chi connectivity index (χ3n) is 8.68. The van der Waals surface area contributed by atoms with Crippen molar-refractivity contribution in [1.29, 1.82) is 31.6 Å². The van der Waals surface area contributed by atoms with E-state index in [0.717, 1.165) is 36.4 Å². The van der Waals surface area contributed by atoms with E-state index >= 15 is 0 Å². The monoisotopic (exact) mass is 830 g/mol. The summed E-state index contributed by atoms with van der Waals surface area (Å²) in [6.07, 6.45) is -21.9. The van der Waals surface area contributed by atoms with E-state index in [1.807, 2.05) is 0 Å². The van der Waals surface area contributed by atoms with Crippen molar-refractivity contribution in [2.75, 3.05) is 0 Å². The van der Waals surface area contributed by atoms with Gasteiger partial charge in [0.25, 0.3) is 0 Å². The van der Waals surface area contributed by atoms with Crippen LogP contribution < -0.4 is 10.4 Å². The van der Waals surface area contributed by atoms with E-state index in [1.165, 1.54) is 0 Å². The molecule has 0 aliphatic heterocycles. The molecule has 0 atom stereocenters. The molecule has 6 nitrogen and oxygen atoms in total. The van der Waals surface area contributed by atoms with Crippen molar-refractivity contribution in [1.82, 2.24) is 0 Å². The summed E-state index contributed by atoms with van der Waals surface area (Å²) in [5, 5.41) is 58.1. The molecule has 60 heavy (non-hydrogen) atoms. The Bertz CT molecular complexity index is 2670. The summed E-state index contributed by atoms with van der Waals surface area (Å²) < 4.78 is 171. The Labute approximate surface area is 329 Å². The number of hydrogen-bond donors (Lipinski definition) is 0. The molecule has 0 radical (unpaired) electrons. The van der Waals surface area contributed by atoms with Crippen LogP contribution in [-0.4, -0.2) is 0 Å². The Balaban J connectivity index is 2.23. The molecule has 0 aliphatic carbocycles. The maximum atomic E-state index is 14.2. The minimum absolute atomic E-state index is 0.209. The number of alkyl halides is 12. The van der Waals surface area contributed by atoms with Crippen LogP contribution in [0.1, 0.15) is 55.6 Å². The van der Waals surface area contributed by atoms with Crippen LogP contribution >= 0.6 is 0 Å². The zero-order chi connectivity index (χ0) is 44.5. The molecule has 0 unspecified atom stereocenters. The Morgan fingerprint density at radius 3 is 0.783 bits per heavy atom. The predicted molar refractivity (Wildman–Crippen MR) is 185 cm³/mol. The number of halogens is 12. The highest BCUT2D eigenvalue weighted by atomic mass is 19.4. The summed E-state index contributed by atoms with van der Waals surface area (Å²) in [5.74, 6) is 0. The number of nitriles is 6. The first-order valence-electron chi connectivity index (χ1n) is 16.2. The predicted octanol–water partition coefficient (Wildman–Crippen LogP) is 10.0. The molecule has 0 saturated heterocycles. The summed E-state index contributed by atoms with van der Waals surface area (Å²) >= 11 is 0. The smallest absolute Gasteiger partial charge is 0.192 e. The highest BCUT2D eigenvalue weighted by Crippen LogP contribution is 2.41. The highest BCUT2D eigenvalue weighted by Gasteiger charge is 2.39. The van der Waals surface area contributed by atoms with Crippen LogP contribution in [0, 0.1) is 68.0 Å². The molecule has 0 fully saturated rings. The van der Waals surface area contributed by atoms with Crippen molar-refractivity contribution >= 4 is 11.1 Å². The maximum Gasteiger partial charge on any atom is 0.416 e. The molecule has 0 saturated carbocycles.